The van der Waals surface area contributed by atoms with Gasteiger partial charge in [0.2, 0.25) is 0 Å². The van der Waals surface area contributed by atoms with Gasteiger partial charge in [0.05, 0.1) is 19.3 Å². The summed E-state index contributed by atoms with van der Waals surface area (Å²) in [6.07, 6.45) is 3.89. The van der Waals surface area contributed by atoms with Crippen molar-refractivity contribution in [2.45, 2.75) is 26.9 Å². The van der Waals surface area contributed by atoms with E-state index in [2.05, 4.69) is 20.6 Å². The molecule has 0 aliphatic rings. The van der Waals surface area contributed by atoms with E-state index in [4.69, 9.17) is 4.74 Å². The van der Waals surface area contributed by atoms with Gasteiger partial charge >= 0.3 is 0 Å². The van der Waals surface area contributed by atoms with E-state index in [-0.39, 0.29) is 0 Å². The van der Waals surface area contributed by atoms with E-state index in [0.29, 0.717) is 18.3 Å². The van der Waals surface area contributed by atoms with Gasteiger partial charge in [0.15, 0.2) is 0 Å². The minimum absolute atomic E-state index is 0.626. The second-order valence-corrected chi connectivity index (χ2v) is 4.88. The Morgan fingerprint density at radius 3 is 3.06 bits per heavy atom. The fourth-order valence-electron chi connectivity index (χ4n) is 1.47. The average Bonchev–Trinajstić information content (AvgIpc) is 2.95. The largest absolute Gasteiger partial charge is 0.469 e. The lowest BCUT2D eigenvalue weighted by Gasteiger charge is -2.02. The molecule has 0 bridgehead atoms. The summed E-state index contributed by atoms with van der Waals surface area (Å²) in [5.41, 5.74) is 1.18. The summed E-state index contributed by atoms with van der Waals surface area (Å²) in [6.45, 7) is 7.01. The molecule has 2 aromatic heterocycles. The highest BCUT2D eigenvalue weighted by Crippen LogP contribution is 2.17. The van der Waals surface area contributed by atoms with Crippen LogP contribution < -0.4 is 10.1 Å². The molecule has 98 valence electrons. The predicted molar refractivity (Wildman–Crippen MR) is 69.7 cm³/mol. The Morgan fingerprint density at radius 2 is 2.33 bits per heavy atom. The molecule has 0 fully saturated rings. The summed E-state index contributed by atoms with van der Waals surface area (Å²) in [7, 11) is 0. The molecule has 2 heterocycles. The quantitative estimate of drug-likeness (QED) is 0.764. The number of rotatable bonds is 7. The van der Waals surface area contributed by atoms with Gasteiger partial charge in [-0.1, -0.05) is 11.3 Å². The van der Waals surface area contributed by atoms with E-state index in [0.717, 1.165) is 18.1 Å². The van der Waals surface area contributed by atoms with Crippen molar-refractivity contribution in [2.24, 2.45) is 0 Å². The van der Waals surface area contributed by atoms with Gasteiger partial charge in [0.25, 0.3) is 5.19 Å². The van der Waals surface area contributed by atoms with Gasteiger partial charge in [0.1, 0.15) is 5.01 Å². The third-order valence-electron chi connectivity index (χ3n) is 2.27. The standard InChI is InChI=1S/C11H17N5OS/c1-3-17-11-15-14-10(18-11)7-12-4-5-16-8-9(2)6-13-16/h6,8,12H,3-5,7H2,1-2H3. The fourth-order valence-corrected chi connectivity index (χ4v) is 2.19. The summed E-state index contributed by atoms with van der Waals surface area (Å²) >= 11 is 1.48. The first-order valence-corrected chi connectivity index (χ1v) is 6.74. The molecular formula is C11H17N5OS. The van der Waals surface area contributed by atoms with Gasteiger partial charge in [-0.2, -0.15) is 5.10 Å². The lowest BCUT2D eigenvalue weighted by Crippen LogP contribution is -2.19. The topological polar surface area (TPSA) is 64.9 Å². The normalized spacial score (nSPS) is 10.8. The minimum atomic E-state index is 0.626. The number of aromatic nitrogens is 4. The van der Waals surface area contributed by atoms with Gasteiger partial charge in [-0.15, -0.1) is 10.2 Å². The van der Waals surface area contributed by atoms with E-state index in [1.54, 1.807) is 0 Å². The van der Waals surface area contributed by atoms with E-state index < -0.39 is 0 Å². The predicted octanol–water partition coefficient (Wildman–Crippen LogP) is 1.23. The zero-order chi connectivity index (χ0) is 12.8. The van der Waals surface area contributed by atoms with Crippen LogP contribution in [0, 0.1) is 6.92 Å². The maximum Gasteiger partial charge on any atom is 0.294 e. The van der Waals surface area contributed by atoms with E-state index in [1.807, 2.05) is 30.9 Å². The molecule has 0 atom stereocenters. The van der Waals surface area contributed by atoms with Gasteiger partial charge in [-0.3, -0.25) is 4.68 Å². The summed E-state index contributed by atoms with van der Waals surface area (Å²) < 4.78 is 7.19. The smallest absolute Gasteiger partial charge is 0.294 e. The molecule has 0 aliphatic carbocycles. The van der Waals surface area contributed by atoms with Crippen LogP contribution in [0.25, 0.3) is 0 Å². The monoisotopic (exact) mass is 267 g/mol. The third kappa shape index (κ3) is 3.78. The Hall–Kier alpha value is -1.47. The molecule has 0 unspecified atom stereocenters. The van der Waals surface area contributed by atoms with Gasteiger partial charge in [0, 0.05) is 19.3 Å². The van der Waals surface area contributed by atoms with Crippen molar-refractivity contribution in [1.82, 2.24) is 25.3 Å². The Labute approximate surface area is 110 Å². The number of aryl methyl sites for hydroxylation is 1. The van der Waals surface area contributed by atoms with Crippen LogP contribution in [0.4, 0.5) is 0 Å². The van der Waals surface area contributed by atoms with Crippen molar-refractivity contribution in [2.75, 3.05) is 13.2 Å². The molecule has 0 aliphatic heterocycles. The molecule has 0 spiro atoms. The van der Waals surface area contributed by atoms with Crippen molar-refractivity contribution in [3.05, 3.63) is 23.0 Å². The highest BCUT2D eigenvalue weighted by atomic mass is 32.1. The maximum absolute atomic E-state index is 5.27. The van der Waals surface area contributed by atoms with Crippen molar-refractivity contribution < 1.29 is 4.74 Å². The molecule has 0 saturated carbocycles. The molecule has 2 aromatic rings. The number of hydrogen-bond donors (Lipinski definition) is 1. The third-order valence-corrected chi connectivity index (χ3v) is 3.11. The van der Waals surface area contributed by atoms with Crippen molar-refractivity contribution in [3.8, 4) is 5.19 Å². The Morgan fingerprint density at radius 1 is 1.44 bits per heavy atom. The molecule has 0 saturated heterocycles. The van der Waals surface area contributed by atoms with Gasteiger partial charge < -0.3 is 10.1 Å². The van der Waals surface area contributed by atoms with Gasteiger partial charge in [-0.25, -0.2) is 0 Å². The van der Waals surface area contributed by atoms with Crippen LogP contribution in [-0.4, -0.2) is 33.1 Å². The first kappa shape index (κ1) is 13.0. The highest BCUT2D eigenvalue weighted by Gasteiger charge is 2.03. The summed E-state index contributed by atoms with van der Waals surface area (Å²) in [6, 6.07) is 0. The molecule has 18 heavy (non-hydrogen) atoms. The van der Waals surface area contributed by atoms with Crippen LogP contribution in [0.1, 0.15) is 17.5 Å². The summed E-state index contributed by atoms with van der Waals surface area (Å²) in [5.74, 6) is 0. The first-order chi connectivity index (χ1) is 8.78. The molecular weight excluding hydrogens is 250 g/mol. The van der Waals surface area contributed by atoms with Gasteiger partial charge in [-0.05, 0) is 19.4 Å². The Bertz CT molecular complexity index is 481. The molecule has 2 rings (SSSR count). The fraction of sp³-hybridized carbons (Fsp3) is 0.545. The zero-order valence-electron chi connectivity index (χ0n) is 10.6. The van der Waals surface area contributed by atoms with Crippen LogP contribution in [0.15, 0.2) is 12.4 Å². The van der Waals surface area contributed by atoms with Crippen LogP contribution >= 0.6 is 11.3 Å². The Balaban J connectivity index is 1.68. The molecule has 1 N–H and O–H groups in total. The number of ether oxygens (including phenoxy) is 1. The lowest BCUT2D eigenvalue weighted by molar-refractivity contribution is 0.335. The number of nitrogens with one attached hydrogen (secondary N) is 1. The number of nitrogens with zero attached hydrogens (tertiary/aromatic N) is 4. The average molecular weight is 267 g/mol. The molecule has 0 aromatic carbocycles. The highest BCUT2D eigenvalue weighted by molar-refractivity contribution is 7.13. The molecule has 0 amide bonds. The van der Waals surface area contributed by atoms with Crippen LogP contribution in [0.5, 0.6) is 5.19 Å². The Kier molecular flexibility index (Phi) is 4.66. The van der Waals surface area contributed by atoms with Crippen molar-refractivity contribution in [3.63, 3.8) is 0 Å². The summed E-state index contributed by atoms with van der Waals surface area (Å²) in [4.78, 5) is 0. The van der Waals surface area contributed by atoms with E-state index >= 15 is 0 Å². The van der Waals surface area contributed by atoms with E-state index in [9.17, 15) is 0 Å². The lowest BCUT2D eigenvalue weighted by atomic mass is 10.4. The second kappa shape index (κ2) is 6.46. The minimum Gasteiger partial charge on any atom is -0.469 e. The van der Waals surface area contributed by atoms with Crippen molar-refractivity contribution in [1.29, 1.82) is 0 Å². The molecule has 6 nitrogen and oxygen atoms in total. The zero-order valence-corrected chi connectivity index (χ0v) is 11.4. The number of hydrogen-bond acceptors (Lipinski definition) is 6. The van der Waals surface area contributed by atoms with Crippen LogP contribution in [-0.2, 0) is 13.1 Å². The molecule has 0 radical (unpaired) electrons. The summed E-state index contributed by atoms with van der Waals surface area (Å²) in [5, 5.41) is 17.1. The van der Waals surface area contributed by atoms with Crippen LogP contribution in [0.2, 0.25) is 0 Å². The first-order valence-electron chi connectivity index (χ1n) is 5.93. The maximum atomic E-state index is 5.27. The SMILES string of the molecule is CCOc1nnc(CNCCn2cc(C)cn2)s1. The second-order valence-electron chi connectivity index (χ2n) is 3.85. The van der Waals surface area contributed by atoms with Crippen molar-refractivity contribution >= 4 is 11.3 Å². The van der Waals surface area contributed by atoms with Crippen LogP contribution in [0.3, 0.4) is 0 Å². The molecule has 7 heteroatoms. The van der Waals surface area contributed by atoms with E-state index in [1.165, 1.54) is 16.9 Å².